The van der Waals surface area contributed by atoms with Gasteiger partial charge in [-0.05, 0) is 27.8 Å². The smallest absolute Gasteiger partial charge is 0.155 e. The number of hydrogen-bond donors (Lipinski definition) is 1. The number of nitrogens with one attached hydrogen (secondary N) is 1. The van der Waals surface area contributed by atoms with Crippen LogP contribution in [-0.2, 0) is 19.1 Å². The average Bonchev–Trinajstić information content (AvgIpc) is 2.18. The maximum absolute atomic E-state index is 9.98. The predicted molar refractivity (Wildman–Crippen MR) is 78.2 cm³/mol. The van der Waals surface area contributed by atoms with Crippen molar-refractivity contribution in [3.8, 4) is 0 Å². The Hall–Kier alpha value is -0.780. The molecule has 0 fully saturated rings. The molecule has 114 valence electrons. The summed E-state index contributed by atoms with van der Waals surface area (Å²) in [5.41, 5.74) is 0. The van der Waals surface area contributed by atoms with Gasteiger partial charge >= 0.3 is 0 Å². The van der Waals surface area contributed by atoms with Crippen molar-refractivity contribution in [2.24, 2.45) is 0 Å². The number of carbonyl (C=O) groups is 2. The topological polar surface area (TPSA) is 64.6 Å². The second-order valence-electron chi connectivity index (χ2n) is 2.94. The van der Waals surface area contributed by atoms with Crippen LogP contribution in [0.1, 0.15) is 35.6 Å². The summed E-state index contributed by atoms with van der Waals surface area (Å²) in [7, 11) is 4.93. The van der Waals surface area contributed by atoms with Crippen LogP contribution in [0, 0.1) is 0 Å². The van der Waals surface area contributed by atoms with E-state index in [0.717, 1.165) is 6.61 Å². The molecule has 0 saturated carbocycles. The molecule has 18 heavy (non-hydrogen) atoms. The standard InChI is InChI=1S/C4H9NO.C4H8O2.C3H8O.2CH4/c1-4(6)3-5-2;1-4(5)3-6-2;1-3-4-2;;/h5H,3H2,1-2H3;3H2,1-2H3;3H2,1-2H3;2*1H4. The highest BCUT2D eigenvalue weighted by Crippen LogP contribution is 1.66. The van der Waals surface area contributed by atoms with E-state index in [1.807, 2.05) is 6.92 Å². The maximum atomic E-state index is 9.98. The van der Waals surface area contributed by atoms with Crippen LogP contribution in [0.15, 0.2) is 0 Å². The van der Waals surface area contributed by atoms with Gasteiger partial charge in [-0.3, -0.25) is 9.59 Å². The van der Waals surface area contributed by atoms with E-state index in [4.69, 9.17) is 0 Å². The Morgan fingerprint density at radius 3 is 1.39 bits per heavy atom. The Morgan fingerprint density at radius 2 is 1.39 bits per heavy atom. The van der Waals surface area contributed by atoms with Crippen LogP contribution in [0.4, 0.5) is 0 Å². The fraction of sp³-hybridized carbons (Fsp3) is 0.846. The molecular weight excluding hydrogens is 234 g/mol. The lowest BCUT2D eigenvalue weighted by Crippen LogP contribution is -2.14. The van der Waals surface area contributed by atoms with E-state index in [2.05, 4.69) is 14.8 Å². The van der Waals surface area contributed by atoms with Gasteiger partial charge in [0.1, 0.15) is 12.4 Å². The van der Waals surface area contributed by atoms with Crippen LogP contribution >= 0.6 is 0 Å². The van der Waals surface area contributed by atoms with Gasteiger partial charge in [-0.2, -0.15) is 0 Å². The molecule has 0 aromatic rings. The molecule has 0 saturated heterocycles. The van der Waals surface area contributed by atoms with Gasteiger partial charge in [0.05, 0.1) is 6.54 Å². The monoisotopic (exact) mass is 267 g/mol. The average molecular weight is 267 g/mol. The number of likely N-dealkylation sites (N-methyl/N-ethyl adjacent to an activating group) is 1. The number of carbonyl (C=O) groups excluding carboxylic acids is 2. The van der Waals surface area contributed by atoms with Gasteiger partial charge in [-0.15, -0.1) is 0 Å². The van der Waals surface area contributed by atoms with E-state index >= 15 is 0 Å². The van der Waals surface area contributed by atoms with Crippen molar-refractivity contribution in [3.05, 3.63) is 0 Å². The first-order valence-corrected chi connectivity index (χ1v) is 5.07. The summed E-state index contributed by atoms with van der Waals surface area (Å²) in [6.07, 6.45) is 0. The van der Waals surface area contributed by atoms with Gasteiger partial charge in [-0.1, -0.05) is 14.9 Å². The maximum Gasteiger partial charge on any atom is 0.155 e. The van der Waals surface area contributed by atoms with Gasteiger partial charge in [-0.25, -0.2) is 0 Å². The summed E-state index contributed by atoms with van der Waals surface area (Å²) in [6.45, 7) is 6.54. The molecule has 0 aromatic carbocycles. The van der Waals surface area contributed by atoms with Crippen molar-refractivity contribution in [2.45, 2.75) is 35.6 Å². The van der Waals surface area contributed by atoms with E-state index in [-0.39, 0.29) is 33.0 Å². The van der Waals surface area contributed by atoms with Crippen LogP contribution in [0.2, 0.25) is 0 Å². The molecule has 0 amide bonds. The van der Waals surface area contributed by atoms with Crippen LogP contribution in [-0.4, -0.2) is 52.6 Å². The summed E-state index contributed by atoms with van der Waals surface area (Å²) >= 11 is 0. The van der Waals surface area contributed by atoms with E-state index in [1.54, 1.807) is 21.1 Å². The predicted octanol–water partition coefficient (Wildman–Crippen LogP) is 1.94. The highest BCUT2D eigenvalue weighted by Gasteiger charge is 1.83. The first-order valence-electron chi connectivity index (χ1n) is 5.07. The van der Waals surface area contributed by atoms with E-state index < -0.39 is 0 Å². The molecule has 0 heterocycles. The van der Waals surface area contributed by atoms with Gasteiger partial charge in [0.2, 0.25) is 0 Å². The van der Waals surface area contributed by atoms with Crippen molar-refractivity contribution in [1.29, 1.82) is 0 Å². The zero-order chi connectivity index (χ0) is 13.4. The van der Waals surface area contributed by atoms with E-state index in [0.29, 0.717) is 6.54 Å². The lowest BCUT2D eigenvalue weighted by Gasteiger charge is -1.85. The highest BCUT2D eigenvalue weighted by molar-refractivity contribution is 5.77. The molecule has 5 heteroatoms. The minimum atomic E-state index is 0. The van der Waals surface area contributed by atoms with Crippen LogP contribution in [0.3, 0.4) is 0 Å². The lowest BCUT2D eigenvalue weighted by atomic mass is 10.5. The van der Waals surface area contributed by atoms with Crippen molar-refractivity contribution in [2.75, 3.05) is 41.0 Å². The lowest BCUT2D eigenvalue weighted by molar-refractivity contribution is -0.120. The van der Waals surface area contributed by atoms with Crippen LogP contribution in [0.5, 0.6) is 0 Å². The summed E-state index contributed by atoms with van der Waals surface area (Å²) in [4.78, 5) is 19.9. The SMILES string of the molecule is C.C.CCOC.CNCC(C)=O.COCC(C)=O. The van der Waals surface area contributed by atoms with Gasteiger partial charge in [0.15, 0.2) is 5.78 Å². The van der Waals surface area contributed by atoms with E-state index in [1.165, 1.54) is 14.0 Å². The zero-order valence-corrected chi connectivity index (χ0v) is 11.3. The van der Waals surface area contributed by atoms with E-state index in [9.17, 15) is 9.59 Å². The summed E-state index contributed by atoms with van der Waals surface area (Å²) in [5, 5.41) is 2.72. The second kappa shape index (κ2) is 29.8. The van der Waals surface area contributed by atoms with Gasteiger partial charge < -0.3 is 14.8 Å². The molecule has 1 N–H and O–H groups in total. The summed E-state index contributed by atoms with van der Waals surface area (Å²) in [5.74, 6) is 0.245. The number of ketones is 2. The molecule has 0 bridgehead atoms. The number of hydrogen-bond acceptors (Lipinski definition) is 5. The summed E-state index contributed by atoms with van der Waals surface area (Å²) < 4.78 is 9.00. The Balaban J connectivity index is -0.0000000454. The third kappa shape index (κ3) is 79.5. The molecule has 0 unspecified atom stereocenters. The Morgan fingerprint density at radius 1 is 1.00 bits per heavy atom. The molecule has 5 nitrogen and oxygen atoms in total. The molecule has 0 rings (SSSR count). The Labute approximate surface area is 113 Å². The fourth-order valence-corrected chi connectivity index (χ4v) is 0.452. The molecule has 0 spiro atoms. The van der Waals surface area contributed by atoms with Gasteiger partial charge in [0, 0.05) is 20.8 Å². The highest BCUT2D eigenvalue weighted by atomic mass is 16.5. The molecule has 0 aliphatic carbocycles. The van der Waals surface area contributed by atoms with Crippen LogP contribution in [0.25, 0.3) is 0 Å². The first kappa shape index (κ1) is 30.3. The third-order valence-corrected chi connectivity index (χ3v) is 1.06. The molecule has 0 aromatic heterocycles. The van der Waals surface area contributed by atoms with Crippen molar-refractivity contribution < 1.29 is 19.1 Å². The molecule has 0 aliphatic heterocycles. The number of rotatable bonds is 5. The number of ether oxygens (including phenoxy) is 2. The largest absolute Gasteiger partial charge is 0.385 e. The Kier molecular flexibility index (Phi) is 50.3. The minimum Gasteiger partial charge on any atom is -0.385 e. The second-order valence-corrected chi connectivity index (χ2v) is 2.94. The molecular formula is C13H33NO4. The molecule has 0 radical (unpaired) electrons. The zero-order valence-electron chi connectivity index (χ0n) is 11.3. The normalized spacial score (nSPS) is 7.22. The minimum absolute atomic E-state index is 0. The number of Topliss-reactive ketones (excluding diaryl/α,β-unsaturated/α-hetero) is 2. The quantitative estimate of drug-likeness (QED) is 0.824. The van der Waals surface area contributed by atoms with Crippen molar-refractivity contribution in [1.82, 2.24) is 5.32 Å². The number of methoxy groups -OCH3 is 2. The van der Waals surface area contributed by atoms with Gasteiger partial charge in [0.25, 0.3) is 0 Å². The Bertz CT molecular complexity index is 143. The summed E-state index contributed by atoms with van der Waals surface area (Å²) in [6, 6.07) is 0. The third-order valence-electron chi connectivity index (χ3n) is 1.06. The van der Waals surface area contributed by atoms with Crippen molar-refractivity contribution in [3.63, 3.8) is 0 Å². The van der Waals surface area contributed by atoms with Crippen molar-refractivity contribution >= 4 is 11.6 Å². The first-order chi connectivity index (χ1) is 7.45. The van der Waals surface area contributed by atoms with Crippen LogP contribution < -0.4 is 5.32 Å². The molecule has 0 aliphatic rings. The fourth-order valence-electron chi connectivity index (χ4n) is 0.452. The molecule has 0 atom stereocenters.